The molecule has 0 fully saturated rings. The summed E-state index contributed by atoms with van der Waals surface area (Å²) in [4.78, 5) is 30.1. The fraction of sp³-hybridized carbons (Fsp3) is 0.471. The number of ether oxygens (including phenoxy) is 1. The topological polar surface area (TPSA) is 63.9 Å². The van der Waals surface area contributed by atoms with Crippen molar-refractivity contribution in [3.05, 3.63) is 36.3 Å². The summed E-state index contributed by atoms with van der Waals surface area (Å²) >= 11 is 0. The van der Waals surface area contributed by atoms with Crippen LogP contribution in [0.2, 0.25) is 0 Å². The van der Waals surface area contributed by atoms with Gasteiger partial charge in [-0.1, -0.05) is 13.0 Å². The number of rotatable bonds is 8. The Hall–Kier alpha value is -2.37. The Morgan fingerprint density at radius 1 is 1.26 bits per heavy atom. The van der Waals surface area contributed by atoms with E-state index < -0.39 is 0 Å². The molecular weight excluding hydrogens is 294 g/mol. The van der Waals surface area contributed by atoms with Gasteiger partial charge in [-0.25, -0.2) is 4.98 Å². The zero-order valence-electron chi connectivity index (χ0n) is 13.7. The monoisotopic (exact) mass is 317 g/mol. The highest BCUT2D eigenvalue weighted by molar-refractivity contribution is 5.79. The van der Waals surface area contributed by atoms with Gasteiger partial charge < -0.3 is 14.0 Å². The van der Waals surface area contributed by atoms with E-state index in [4.69, 9.17) is 4.74 Å². The second-order valence-electron chi connectivity index (χ2n) is 5.31. The normalized spacial score (nSPS) is 10.7. The SMILES string of the molecule is CCCN(CCC(=O)OCC)C(=O)Cc1cn2ccccc2n1. The molecule has 6 nitrogen and oxygen atoms in total. The molecule has 0 spiro atoms. The molecule has 124 valence electrons. The third-order valence-electron chi connectivity index (χ3n) is 3.48. The maximum atomic E-state index is 12.5. The minimum Gasteiger partial charge on any atom is -0.466 e. The molecule has 2 heterocycles. The van der Waals surface area contributed by atoms with Gasteiger partial charge in [0.25, 0.3) is 0 Å². The van der Waals surface area contributed by atoms with Crippen LogP contribution in [0, 0.1) is 0 Å². The van der Waals surface area contributed by atoms with Crippen LogP contribution in [-0.2, 0) is 20.7 Å². The Balaban J connectivity index is 1.98. The van der Waals surface area contributed by atoms with Crippen molar-refractivity contribution in [3.63, 3.8) is 0 Å². The molecule has 0 atom stereocenters. The molecule has 0 bridgehead atoms. The molecule has 23 heavy (non-hydrogen) atoms. The lowest BCUT2D eigenvalue weighted by atomic mass is 10.2. The number of carbonyl (C=O) groups is 2. The summed E-state index contributed by atoms with van der Waals surface area (Å²) in [6.45, 7) is 5.16. The first-order valence-corrected chi connectivity index (χ1v) is 8.00. The Morgan fingerprint density at radius 2 is 2.09 bits per heavy atom. The summed E-state index contributed by atoms with van der Waals surface area (Å²) in [5, 5.41) is 0. The van der Waals surface area contributed by atoms with Gasteiger partial charge in [0.1, 0.15) is 5.65 Å². The average Bonchev–Trinajstić information content (AvgIpc) is 2.93. The Bertz CT molecular complexity index is 633. The van der Waals surface area contributed by atoms with E-state index in [0.717, 1.165) is 17.8 Å². The van der Waals surface area contributed by atoms with Crippen LogP contribution in [-0.4, -0.2) is 45.9 Å². The summed E-state index contributed by atoms with van der Waals surface area (Å²) in [6, 6.07) is 5.73. The number of imidazole rings is 1. The van der Waals surface area contributed by atoms with E-state index in [1.165, 1.54) is 0 Å². The molecular formula is C17H23N3O3. The van der Waals surface area contributed by atoms with Gasteiger partial charge in [0.2, 0.25) is 5.91 Å². The standard InChI is InChI=1S/C17H23N3O3/c1-3-9-19(11-8-17(22)23-4-2)16(21)12-14-13-20-10-6-5-7-15(20)18-14/h5-7,10,13H,3-4,8-9,11-12H2,1-2H3. The first kappa shape index (κ1) is 17.0. The smallest absolute Gasteiger partial charge is 0.307 e. The Kier molecular flexibility index (Phi) is 6.14. The quantitative estimate of drug-likeness (QED) is 0.699. The van der Waals surface area contributed by atoms with Gasteiger partial charge >= 0.3 is 5.97 Å². The average molecular weight is 317 g/mol. The van der Waals surface area contributed by atoms with Crippen LogP contribution < -0.4 is 0 Å². The zero-order valence-corrected chi connectivity index (χ0v) is 13.7. The van der Waals surface area contributed by atoms with Crippen LogP contribution >= 0.6 is 0 Å². The van der Waals surface area contributed by atoms with E-state index in [9.17, 15) is 9.59 Å². The van der Waals surface area contributed by atoms with E-state index in [2.05, 4.69) is 4.98 Å². The number of aromatic nitrogens is 2. The van der Waals surface area contributed by atoms with Gasteiger partial charge in [0.05, 0.1) is 25.1 Å². The molecule has 2 rings (SSSR count). The van der Waals surface area contributed by atoms with Crippen LogP contribution in [0.5, 0.6) is 0 Å². The molecule has 1 amide bonds. The molecule has 0 aliphatic carbocycles. The second kappa shape index (κ2) is 8.31. The fourth-order valence-corrected chi connectivity index (χ4v) is 2.43. The highest BCUT2D eigenvalue weighted by Crippen LogP contribution is 2.07. The Labute approximate surface area is 136 Å². The van der Waals surface area contributed by atoms with Crippen LogP contribution in [0.25, 0.3) is 5.65 Å². The molecule has 0 saturated carbocycles. The van der Waals surface area contributed by atoms with Crippen LogP contribution in [0.1, 0.15) is 32.4 Å². The first-order valence-electron chi connectivity index (χ1n) is 8.00. The highest BCUT2D eigenvalue weighted by Gasteiger charge is 2.16. The fourth-order valence-electron chi connectivity index (χ4n) is 2.43. The summed E-state index contributed by atoms with van der Waals surface area (Å²) in [5.74, 6) is -0.284. The third-order valence-corrected chi connectivity index (χ3v) is 3.48. The molecule has 2 aromatic rings. The van der Waals surface area contributed by atoms with E-state index in [1.807, 2.05) is 41.9 Å². The number of esters is 1. The number of pyridine rings is 1. The van der Waals surface area contributed by atoms with Gasteiger partial charge in [-0.3, -0.25) is 9.59 Å². The number of nitrogens with zero attached hydrogens (tertiary/aromatic N) is 3. The van der Waals surface area contributed by atoms with E-state index in [1.54, 1.807) is 11.8 Å². The number of amides is 1. The third kappa shape index (κ3) is 4.81. The largest absolute Gasteiger partial charge is 0.466 e. The molecule has 0 unspecified atom stereocenters. The molecule has 0 saturated heterocycles. The van der Waals surface area contributed by atoms with Crippen molar-refractivity contribution in [1.29, 1.82) is 0 Å². The van der Waals surface area contributed by atoms with Crippen LogP contribution in [0.3, 0.4) is 0 Å². The van der Waals surface area contributed by atoms with E-state index >= 15 is 0 Å². The van der Waals surface area contributed by atoms with Crippen LogP contribution in [0.15, 0.2) is 30.6 Å². The number of hydrogen-bond donors (Lipinski definition) is 0. The van der Waals surface area contributed by atoms with Crippen molar-refractivity contribution < 1.29 is 14.3 Å². The molecule has 0 aliphatic heterocycles. The minimum atomic E-state index is -0.269. The van der Waals surface area contributed by atoms with E-state index in [-0.39, 0.29) is 24.7 Å². The molecule has 2 aromatic heterocycles. The van der Waals surface area contributed by atoms with Gasteiger partial charge in [0, 0.05) is 25.5 Å². The first-order chi connectivity index (χ1) is 11.1. The van der Waals surface area contributed by atoms with Crippen molar-refractivity contribution in [1.82, 2.24) is 14.3 Å². The van der Waals surface area contributed by atoms with Gasteiger partial charge in [-0.05, 0) is 25.5 Å². The summed E-state index contributed by atoms with van der Waals surface area (Å²) in [5.41, 5.74) is 1.56. The van der Waals surface area contributed by atoms with Crippen LogP contribution in [0.4, 0.5) is 0 Å². The lowest BCUT2D eigenvalue weighted by Gasteiger charge is -2.21. The minimum absolute atomic E-state index is 0.0143. The molecule has 0 radical (unpaired) electrons. The van der Waals surface area contributed by atoms with Crippen molar-refractivity contribution in [2.24, 2.45) is 0 Å². The summed E-state index contributed by atoms with van der Waals surface area (Å²) in [7, 11) is 0. The predicted octanol–water partition coefficient (Wildman–Crippen LogP) is 2.07. The summed E-state index contributed by atoms with van der Waals surface area (Å²) < 4.78 is 6.81. The molecule has 0 aromatic carbocycles. The zero-order chi connectivity index (χ0) is 16.7. The van der Waals surface area contributed by atoms with Gasteiger partial charge in [0.15, 0.2) is 0 Å². The summed E-state index contributed by atoms with van der Waals surface area (Å²) in [6.07, 6.45) is 5.08. The number of hydrogen-bond acceptors (Lipinski definition) is 4. The lowest BCUT2D eigenvalue weighted by molar-refractivity contribution is -0.144. The van der Waals surface area contributed by atoms with Gasteiger partial charge in [-0.2, -0.15) is 0 Å². The van der Waals surface area contributed by atoms with Crippen molar-refractivity contribution in [3.8, 4) is 0 Å². The lowest BCUT2D eigenvalue weighted by Crippen LogP contribution is -2.35. The second-order valence-corrected chi connectivity index (χ2v) is 5.31. The highest BCUT2D eigenvalue weighted by atomic mass is 16.5. The maximum Gasteiger partial charge on any atom is 0.307 e. The Morgan fingerprint density at radius 3 is 2.78 bits per heavy atom. The van der Waals surface area contributed by atoms with E-state index in [0.29, 0.717) is 19.7 Å². The van der Waals surface area contributed by atoms with Crippen molar-refractivity contribution in [2.45, 2.75) is 33.1 Å². The van der Waals surface area contributed by atoms with Crippen molar-refractivity contribution >= 4 is 17.5 Å². The molecule has 0 aliphatic rings. The predicted molar refractivity (Wildman–Crippen MR) is 87.0 cm³/mol. The number of carbonyl (C=O) groups excluding carboxylic acids is 2. The maximum absolute atomic E-state index is 12.5. The van der Waals surface area contributed by atoms with Crippen molar-refractivity contribution in [2.75, 3.05) is 19.7 Å². The molecule has 6 heteroatoms. The molecule has 0 N–H and O–H groups in total. The number of fused-ring (bicyclic) bond motifs is 1. The van der Waals surface area contributed by atoms with Gasteiger partial charge in [-0.15, -0.1) is 0 Å².